The summed E-state index contributed by atoms with van der Waals surface area (Å²) in [6, 6.07) is 8.32. The van der Waals surface area contributed by atoms with Crippen molar-refractivity contribution in [2.75, 3.05) is 13.7 Å². The van der Waals surface area contributed by atoms with Crippen molar-refractivity contribution >= 4 is 0 Å². The van der Waals surface area contributed by atoms with E-state index in [0.717, 1.165) is 36.6 Å². The van der Waals surface area contributed by atoms with E-state index in [0.29, 0.717) is 12.4 Å². The maximum absolute atomic E-state index is 5.92. The van der Waals surface area contributed by atoms with Crippen molar-refractivity contribution in [3.8, 4) is 5.75 Å². The molecule has 2 aromatic heterocycles. The smallest absolute Gasteiger partial charge is 0.154 e. The molecule has 0 bridgehead atoms. The quantitative estimate of drug-likeness (QED) is 0.749. The van der Waals surface area contributed by atoms with Crippen LogP contribution in [0.25, 0.3) is 0 Å². The zero-order valence-corrected chi connectivity index (χ0v) is 14.1. The van der Waals surface area contributed by atoms with Crippen LogP contribution in [0.4, 0.5) is 0 Å². The van der Waals surface area contributed by atoms with E-state index >= 15 is 0 Å². The summed E-state index contributed by atoms with van der Waals surface area (Å²) in [7, 11) is 1.65. The molecule has 0 radical (unpaired) electrons. The fraction of sp³-hybridized carbons (Fsp3) is 0.316. The Labute approximate surface area is 146 Å². The lowest BCUT2D eigenvalue weighted by atomic mass is 9.89. The number of H-pyrrole nitrogens is 1. The number of rotatable bonds is 6. The second-order valence-electron chi connectivity index (χ2n) is 6.09. The van der Waals surface area contributed by atoms with Crippen LogP contribution in [0.2, 0.25) is 0 Å². The zero-order chi connectivity index (χ0) is 17.1. The average molecular weight is 336 g/mol. The van der Waals surface area contributed by atoms with E-state index in [1.807, 2.05) is 12.3 Å². The van der Waals surface area contributed by atoms with Crippen molar-refractivity contribution in [1.82, 2.24) is 19.9 Å². The Hall–Kier alpha value is -2.73. The molecule has 3 aromatic rings. The minimum atomic E-state index is 0.0980. The van der Waals surface area contributed by atoms with Crippen molar-refractivity contribution < 1.29 is 9.47 Å². The number of nitrogens with one attached hydrogen (secondary N) is 1. The van der Waals surface area contributed by atoms with Gasteiger partial charge >= 0.3 is 0 Å². The molecule has 0 fully saturated rings. The lowest BCUT2D eigenvalue weighted by Crippen LogP contribution is -2.10. The van der Waals surface area contributed by atoms with Crippen LogP contribution in [0.15, 0.2) is 43.0 Å². The van der Waals surface area contributed by atoms with Crippen LogP contribution >= 0.6 is 0 Å². The number of hydrogen-bond donors (Lipinski definition) is 1. The van der Waals surface area contributed by atoms with Crippen LogP contribution in [0.3, 0.4) is 0 Å². The molecule has 1 atom stereocenters. The van der Waals surface area contributed by atoms with E-state index in [9.17, 15) is 0 Å². The summed E-state index contributed by atoms with van der Waals surface area (Å²) in [5, 5.41) is 0. The third-order valence-electron chi connectivity index (χ3n) is 4.46. The Balaban J connectivity index is 1.71. The molecule has 6 nitrogen and oxygen atoms in total. The van der Waals surface area contributed by atoms with Crippen molar-refractivity contribution in [2.45, 2.75) is 25.4 Å². The van der Waals surface area contributed by atoms with E-state index in [4.69, 9.17) is 9.47 Å². The number of benzene rings is 1. The molecule has 1 N–H and O–H groups in total. The second-order valence-corrected chi connectivity index (χ2v) is 6.09. The van der Waals surface area contributed by atoms with Crippen LogP contribution in [0.1, 0.15) is 34.3 Å². The highest BCUT2D eigenvalue weighted by Crippen LogP contribution is 2.38. The lowest BCUT2D eigenvalue weighted by molar-refractivity contribution is 0.177. The van der Waals surface area contributed by atoms with Gasteiger partial charge in [0.25, 0.3) is 0 Å². The molecular weight excluding hydrogens is 316 g/mol. The Kier molecular flexibility index (Phi) is 4.43. The SMILES string of the molecule is COCc1nccc(CC(c2cnc[nH]2)c2cccc3c2OCC3)n1. The fourth-order valence-corrected chi connectivity index (χ4v) is 3.32. The van der Waals surface area contributed by atoms with Crippen molar-refractivity contribution in [3.05, 3.63) is 71.3 Å². The van der Waals surface area contributed by atoms with Gasteiger partial charge in [0.2, 0.25) is 0 Å². The first-order chi connectivity index (χ1) is 12.3. The Morgan fingerprint density at radius 1 is 1.32 bits per heavy atom. The predicted molar refractivity (Wildman–Crippen MR) is 92.5 cm³/mol. The largest absolute Gasteiger partial charge is 0.493 e. The number of fused-ring (bicyclic) bond motifs is 1. The summed E-state index contributed by atoms with van der Waals surface area (Å²) in [4.78, 5) is 16.3. The first kappa shape index (κ1) is 15.8. The monoisotopic (exact) mass is 336 g/mol. The van der Waals surface area contributed by atoms with Gasteiger partial charge in [0.15, 0.2) is 5.82 Å². The molecular formula is C19H20N4O2. The molecule has 0 amide bonds. The standard InChI is InChI=1S/C19H20N4O2/c1-24-11-18-21-7-5-14(23-18)9-16(17-10-20-12-22-17)15-4-2-3-13-6-8-25-19(13)15/h2-5,7,10,12,16H,6,8-9,11H2,1H3,(H,20,22). The average Bonchev–Trinajstić information content (AvgIpc) is 3.31. The molecule has 25 heavy (non-hydrogen) atoms. The number of nitrogens with zero attached hydrogens (tertiary/aromatic N) is 3. The van der Waals surface area contributed by atoms with Gasteiger partial charge in [0.05, 0.1) is 12.9 Å². The number of methoxy groups -OCH3 is 1. The van der Waals surface area contributed by atoms with Crippen molar-refractivity contribution in [3.63, 3.8) is 0 Å². The lowest BCUT2D eigenvalue weighted by Gasteiger charge is -2.18. The van der Waals surface area contributed by atoms with Crippen LogP contribution in [0.5, 0.6) is 5.75 Å². The number of ether oxygens (including phenoxy) is 2. The van der Waals surface area contributed by atoms with E-state index in [-0.39, 0.29) is 5.92 Å². The van der Waals surface area contributed by atoms with Crippen LogP contribution in [-0.4, -0.2) is 33.7 Å². The van der Waals surface area contributed by atoms with Crippen molar-refractivity contribution in [2.24, 2.45) is 0 Å². The number of aromatic nitrogens is 4. The number of hydrogen-bond acceptors (Lipinski definition) is 5. The predicted octanol–water partition coefficient (Wildman–Crippen LogP) is 2.66. The second kappa shape index (κ2) is 7.03. The van der Waals surface area contributed by atoms with E-state index in [1.165, 1.54) is 11.1 Å². The molecule has 0 saturated heterocycles. The van der Waals surface area contributed by atoms with Gasteiger partial charge in [0, 0.05) is 55.2 Å². The van der Waals surface area contributed by atoms with Gasteiger partial charge in [0.1, 0.15) is 12.4 Å². The number of aromatic amines is 1. The molecule has 1 aromatic carbocycles. The van der Waals surface area contributed by atoms with Gasteiger partial charge < -0.3 is 14.5 Å². The molecule has 128 valence electrons. The molecule has 1 aliphatic heterocycles. The minimum absolute atomic E-state index is 0.0980. The molecule has 0 aliphatic carbocycles. The molecule has 0 spiro atoms. The minimum Gasteiger partial charge on any atom is -0.493 e. The molecule has 3 heterocycles. The van der Waals surface area contributed by atoms with Crippen molar-refractivity contribution in [1.29, 1.82) is 0 Å². The zero-order valence-electron chi connectivity index (χ0n) is 14.1. The van der Waals surface area contributed by atoms with Gasteiger partial charge in [-0.25, -0.2) is 15.0 Å². The summed E-state index contributed by atoms with van der Waals surface area (Å²) in [6.07, 6.45) is 7.07. The maximum atomic E-state index is 5.92. The molecule has 6 heteroatoms. The van der Waals surface area contributed by atoms with E-state index in [1.54, 1.807) is 19.6 Å². The van der Waals surface area contributed by atoms with Gasteiger partial charge in [-0.15, -0.1) is 0 Å². The van der Waals surface area contributed by atoms with Crippen LogP contribution in [0, 0.1) is 0 Å². The van der Waals surface area contributed by atoms with E-state index < -0.39 is 0 Å². The Morgan fingerprint density at radius 3 is 3.12 bits per heavy atom. The highest BCUT2D eigenvalue weighted by Gasteiger charge is 2.25. The summed E-state index contributed by atoms with van der Waals surface area (Å²) in [5.41, 5.74) is 4.46. The van der Waals surface area contributed by atoms with Gasteiger partial charge in [-0.3, -0.25) is 0 Å². The molecule has 1 unspecified atom stereocenters. The Morgan fingerprint density at radius 2 is 2.28 bits per heavy atom. The summed E-state index contributed by atoms with van der Waals surface area (Å²) >= 11 is 0. The molecule has 0 saturated carbocycles. The summed E-state index contributed by atoms with van der Waals surface area (Å²) < 4.78 is 11.1. The Bertz CT molecular complexity index is 848. The third kappa shape index (κ3) is 3.25. The topological polar surface area (TPSA) is 72.9 Å². The van der Waals surface area contributed by atoms with Gasteiger partial charge in [-0.1, -0.05) is 18.2 Å². The van der Waals surface area contributed by atoms with Gasteiger partial charge in [-0.2, -0.15) is 0 Å². The first-order valence-electron chi connectivity index (χ1n) is 8.37. The first-order valence-corrected chi connectivity index (χ1v) is 8.37. The molecule has 1 aliphatic rings. The van der Waals surface area contributed by atoms with Gasteiger partial charge in [-0.05, 0) is 11.6 Å². The maximum Gasteiger partial charge on any atom is 0.154 e. The third-order valence-corrected chi connectivity index (χ3v) is 4.46. The highest BCUT2D eigenvalue weighted by atomic mass is 16.5. The molecule has 4 rings (SSSR count). The summed E-state index contributed by atoms with van der Waals surface area (Å²) in [6.45, 7) is 1.15. The number of imidazole rings is 1. The fourth-order valence-electron chi connectivity index (χ4n) is 3.32. The van der Waals surface area contributed by atoms with Crippen LogP contribution < -0.4 is 4.74 Å². The normalized spacial score (nSPS) is 14.1. The summed E-state index contributed by atoms with van der Waals surface area (Å²) in [5.74, 6) is 1.80. The number of para-hydroxylation sites is 1. The van der Waals surface area contributed by atoms with Crippen LogP contribution in [-0.2, 0) is 24.2 Å². The highest BCUT2D eigenvalue weighted by molar-refractivity contribution is 5.48. The van der Waals surface area contributed by atoms with E-state index in [2.05, 4.69) is 38.1 Å².